The third-order valence-electron chi connectivity index (χ3n) is 4.69. The van der Waals surface area contributed by atoms with E-state index in [1.807, 2.05) is 36.4 Å². The van der Waals surface area contributed by atoms with Gasteiger partial charge < -0.3 is 0 Å². The van der Waals surface area contributed by atoms with Crippen LogP contribution in [-0.2, 0) is 0 Å². The fraction of sp³-hybridized carbons (Fsp3) is 0.300. The van der Waals surface area contributed by atoms with Gasteiger partial charge in [0.1, 0.15) is 0 Å². The summed E-state index contributed by atoms with van der Waals surface area (Å²) >= 11 is 0. The minimum atomic E-state index is -1.72. The second-order valence-corrected chi connectivity index (χ2v) is 18.7. The summed E-state index contributed by atoms with van der Waals surface area (Å²) < 4.78 is 0. The molecule has 0 heterocycles. The molecule has 0 saturated heterocycles. The van der Waals surface area contributed by atoms with Gasteiger partial charge in [-0.25, -0.2) is 0 Å². The summed E-state index contributed by atoms with van der Waals surface area (Å²) in [6, 6.07) is 11.6. The van der Waals surface area contributed by atoms with Gasteiger partial charge in [0.2, 0.25) is 0 Å². The lowest BCUT2D eigenvalue weighted by molar-refractivity contribution is 0.0980. The van der Waals surface area contributed by atoms with E-state index in [9.17, 15) is 9.59 Å². The summed E-state index contributed by atoms with van der Waals surface area (Å²) in [4.78, 5) is 26.6. The van der Waals surface area contributed by atoms with E-state index >= 15 is 0 Å². The second-order valence-electron chi connectivity index (χ2n) is 8.61. The summed E-state index contributed by atoms with van der Waals surface area (Å²) in [6.07, 6.45) is 0. The Balaban J connectivity index is 2.35. The predicted molar refractivity (Wildman–Crippen MR) is 106 cm³/mol. The van der Waals surface area contributed by atoms with Crippen molar-refractivity contribution in [2.24, 2.45) is 0 Å². The van der Waals surface area contributed by atoms with Crippen LogP contribution < -0.4 is 10.4 Å². The summed E-state index contributed by atoms with van der Waals surface area (Å²) in [5, 5.41) is 2.17. The Hall–Kier alpha value is -1.79. The van der Waals surface area contributed by atoms with E-state index in [-0.39, 0.29) is 11.6 Å². The molecule has 4 heteroatoms. The number of fused-ring (bicyclic) bond motifs is 2. The predicted octanol–water partition coefficient (Wildman–Crippen LogP) is 3.55. The fourth-order valence-electron chi connectivity index (χ4n) is 3.49. The van der Waals surface area contributed by atoms with Crippen LogP contribution in [0.3, 0.4) is 0 Å². The van der Waals surface area contributed by atoms with Crippen molar-refractivity contribution in [1.82, 2.24) is 0 Å². The van der Waals surface area contributed by atoms with Gasteiger partial charge in [0.15, 0.2) is 11.6 Å². The summed E-state index contributed by atoms with van der Waals surface area (Å²) in [5.74, 6) is 0.0513. The number of benzene rings is 2. The molecule has 0 saturated carbocycles. The Kier molecular flexibility index (Phi) is 3.81. The highest BCUT2D eigenvalue weighted by Crippen LogP contribution is 2.28. The van der Waals surface area contributed by atoms with Crippen molar-refractivity contribution in [3.63, 3.8) is 0 Å². The number of hydrogen-bond acceptors (Lipinski definition) is 2. The highest BCUT2D eigenvalue weighted by atomic mass is 28.3. The first-order chi connectivity index (χ1) is 11.0. The first-order valence-electron chi connectivity index (χ1n) is 8.40. The van der Waals surface area contributed by atoms with Gasteiger partial charge in [-0.3, -0.25) is 9.59 Å². The highest BCUT2D eigenvalue weighted by molar-refractivity contribution is 6.90. The van der Waals surface area contributed by atoms with Gasteiger partial charge in [-0.1, -0.05) is 75.7 Å². The van der Waals surface area contributed by atoms with E-state index in [1.54, 1.807) is 0 Å². The summed E-state index contributed by atoms with van der Waals surface area (Å²) in [7, 11) is -3.44. The maximum absolute atomic E-state index is 13.3. The van der Waals surface area contributed by atoms with Gasteiger partial charge in [0.05, 0.1) is 16.1 Å². The zero-order valence-electron chi connectivity index (χ0n) is 15.3. The molecule has 124 valence electrons. The first kappa shape index (κ1) is 17.1. The van der Waals surface area contributed by atoms with Gasteiger partial charge in [-0.2, -0.15) is 0 Å². The lowest BCUT2D eigenvalue weighted by Gasteiger charge is -2.29. The fourth-order valence-corrected chi connectivity index (χ4v) is 6.68. The molecule has 1 aliphatic carbocycles. The van der Waals surface area contributed by atoms with Crippen molar-refractivity contribution in [3.8, 4) is 0 Å². The molecular weight excluding hydrogens is 328 g/mol. The monoisotopic (exact) mass is 352 g/mol. The van der Waals surface area contributed by atoms with Crippen LogP contribution in [0.4, 0.5) is 0 Å². The minimum Gasteiger partial charge on any atom is -0.289 e. The molecule has 1 aliphatic rings. The van der Waals surface area contributed by atoms with Crippen LogP contribution in [0.2, 0.25) is 39.3 Å². The first-order valence-corrected chi connectivity index (χ1v) is 15.4. The molecule has 0 fully saturated rings. The molecule has 0 aromatic heterocycles. The van der Waals surface area contributed by atoms with Crippen molar-refractivity contribution in [1.29, 1.82) is 0 Å². The van der Waals surface area contributed by atoms with Crippen LogP contribution in [0.5, 0.6) is 0 Å². The lowest BCUT2D eigenvalue weighted by Crippen LogP contribution is -2.47. The van der Waals surface area contributed by atoms with Gasteiger partial charge in [-0.05, 0) is 10.4 Å². The van der Waals surface area contributed by atoms with Crippen LogP contribution in [0, 0.1) is 0 Å². The molecule has 2 nitrogen and oxygen atoms in total. The van der Waals surface area contributed by atoms with Crippen molar-refractivity contribution in [3.05, 3.63) is 58.7 Å². The Morgan fingerprint density at radius 1 is 0.583 bits per heavy atom. The van der Waals surface area contributed by atoms with Crippen molar-refractivity contribution < 1.29 is 9.59 Å². The Morgan fingerprint density at radius 3 is 1.21 bits per heavy atom. The van der Waals surface area contributed by atoms with Crippen molar-refractivity contribution in [2.45, 2.75) is 39.3 Å². The Morgan fingerprint density at radius 2 is 0.917 bits per heavy atom. The lowest BCUT2D eigenvalue weighted by atomic mass is 9.84. The smallest absolute Gasteiger partial charge is 0.194 e. The van der Waals surface area contributed by atoms with Gasteiger partial charge in [0.25, 0.3) is 0 Å². The average molecular weight is 353 g/mol. The normalized spacial score (nSPS) is 14.4. The van der Waals surface area contributed by atoms with Crippen molar-refractivity contribution >= 4 is 38.1 Å². The van der Waals surface area contributed by atoms with Gasteiger partial charge in [-0.15, -0.1) is 0 Å². The SMILES string of the molecule is C[Si](C)(C)c1cccc2c1C(=O)c1cccc([Si](C)(C)C)c1C2=O. The molecule has 0 radical (unpaired) electrons. The summed E-state index contributed by atoms with van der Waals surface area (Å²) in [5.41, 5.74) is 2.50. The van der Waals surface area contributed by atoms with E-state index in [4.69, 9.17) is 0 Å². The molecule has 2 aromatic rings. The molecule has 0 atom stereocenters. The Labute approximate surface area is 145 Å². The van der Waals surface area contributed by atoms with Crippen molar-refractivity contribution in [2.75, 3.05) is 0 Å². The molecule has 0 bridgehead atoms. The van der Waals surface area contributed by atoms with E-state index in [0.29, 0.717) is 22.3 Å². The van der Waals surface area contributed by atoms with Gasteiger partial charge >= 0.3 is 0 Å². The Bertz CT molecular complexity index is 795. The molecule has 24 heavy (non-hydrogen) atoms. The van der Waals surface area contributed by atoms with E-state index in [2.05, 4.69) is 39.3 Å². The summed E-state index contributed by atoms with van der Waals surface area (Å²) in [6.45, 7) is 13.3. The number of carbonyl (C=O) groups is 2. The molecule has 0 N–H and O–H groups in total. The van der Waals surface area contributed by atoms with Crippen LogP contribution in [-0.4, -0.2) is 27.7 Å². The molecule has 0 aliphatic heterocycles. The zero-order valence-corrected chi connectivity index (χ0v) is 17.3. The maximum Gasteiger partial charge on any atom is 0.194 e. The molecule has 2 aromatic carbocycles. The molecular formula is C20H24O2Si2. The van der Waals surface area contributed by atoms with E-state index < -0.39 is 16.1 Å². The number of carbonyl (C=O) groups excluding carboxylic acids is 2. The molecule has 3 rings (SSSR count). The zero-order chi connectivity index (χ0) is 17.9. The van der Waals surface area contributed by atoms with Gasteiger partial charge in [0, 0.05) is 22.3 Å². The van der Waals surface area contributed by atoms with Crippen LogP contribution in [0.25, 0.3) is 0 Å². The van der Waals surface area contributed by atoms with Crippen LogP contribution in [0.1, 0.15) is 31.8 Å². The van der Waals surface area contributed by atoms with E-state index in [0.717, 1.165) is 10.4 Å². The highest BCUT2D eigenvalue weighted by Gasteiger charge is 2.37. The third-order valence-corrected chi connectivity index (χ3v) is 8.75. The number of hydrogen-bond donors (Lipinski definition) is 0. The number of rotatable bonds is 2. The molecule has 0 amide bonds. The third kappa shape index (κ3) is 2.54. The quantitative estimate of drug-likeness (QED) is 0.661. The average Bonchev–Trinajstić information content (AvgIpc) is 2.49. The topological polar surface area (TPSA) is 34.1 Å². The largest absolute Gasteiger partial charge is 0.289 e. The second kappa shape index (κ2) is 5.36. The molecule has 0 spiro atoms. The minimum absolute atomic E-state index is 0.0257. The number of ketones is 2. The van der Waals surface area contributed by atoms with Crippen LogP contribution >= 0.6 is 0 Å². The maximum atomic E-state index is 13.3. The molecule has 0 unspecified atom stereocenters. The van der Waals surface area contributed by atoms with Crippen LogP contribution in [0.15, 0.2) is 36.4 Å². The standard InChI is InChI=1S/C20H24O2Si2/c1-23(2,3)15-11-7-9-13-17(15)19(21)14-10-8-12-16(24(4,5)6)18(14)20(13)22/h7-12H,1-6H3. The van der Waals surface area contributed by atoms with E-state index in [1.165, 1.54) is 0 Å².